The van der Waals surface area contributed by atoms with Crippen molar-refractivity contribution in [2.45, 2.75) is 39.3 Å². The molecule has 3 aromatic rings. The minimum Gasteiger partial charge on any atom is -0.488 e. The van der Waals surface area contributed by atoms with Crippen LogP contribution in [0.4, 0.5) is 0 Å². The molecule has 28 heavy (non-hydrogen) atoms. The average Bonchev–Trinajstić information content (AvgIpc) is 3.37. The van der Waals surface area contributed by atoms with Crippen LogP contribution in [0.15, 0.2) is 52.9 Å². The number of nitrogens with zero attached hydrogens (tertiary/aromatic N) is 2. The number of benzene rings is 1. The number of hydrogen-bond acceptors (Lipinski definition) is 4. The molecule has 0 N–H and O–H groups in total. The van der Waals surface area contributed by atoms with Gasteiger partial charge in [0.15, 0.2) is 0 Å². The van der Waals surface area contributed by atoms with Crippen molar-refractivity contribution in [2.75, 3.05) is 0 Å². The molecule has 2 aromatic heterocycles. The van der Waals surface area contributed by atoms with Gasteiger partial charge in [-0.25, -0.2) is 0 Å². The van der Waals surface area contributed by atoms with Gasteiger partial charge in [0.05, 0.1) is 16.4 Å². The van der Waals surface area contributed by atoms with Gasteiger partial charge < -0.3 is 9.30 Å². The van der Waals surface area contributed by atoms with Gasteiger partial charge in [-0.15, -0.1) is 11.3 Å². The molecule has 1 aliphatic rings. The third kappa shape index (κ3) is 4.35. The van der Waals surface area contributed by atoms with Crippen LogP contribution < -0.4 is 10.3 Å². The Bertz CT molecular complexity index is 1070. The van der Waals surface area contributed by atoms with Crippen molar-refractivity contribution in [1.29, 1.82) is 0 Å². The first-order valence-electron chi connectivity index (χ1n) is 9.45. The molecule has 0 bridgehead atoms. The molecule has 1 aromatic carbocycles. The van der Waals surface area contributed by atoms with Gasteiger partial charge in [-0.05, 0) is 50.5 Å². The smallest absolute Gasteiger partial charge is 0.254 e. The van der Waals surface area contributed by atoms with Crippen LogP contribution in [-0.4, -0.2) is 9.55 Å². The Morgan fingerprint density at radius 3 is 2.71 bits per heavy atom. The summed E-state index contributed by atoms with van der Waals surface area (Å²) < 4.78 is 7.56. The lowest BCUT2D eigenvalue weighted by Gasteiger charge is -2.19. The highest BCUT2D eigenvalue weighted by molar-refractivity contribution is 7.09. The third-order valence-electron chi connectivity index (χ3n) is 4.88. The lowest BCUT2D eigenvalue weighted by Crippen LogP contribution is -2.25. The Kier molecular flexibility index (Phi) is 5.31. The number of thiazole rings is 1. The fourth-order valence-electron chi connectivity index (χ4n) is 3.14. The van der Waals surface area contributed by atoms with Crippen molar-refractivity contribution < 1.29 is 4.74 Å². The molecule has 0 radical (unpaired) electrons. The zero-order valence-electron chi connectivity index (χ0n) is 16.0. The van der Waals surface area contributed by atoms with Crippen LogP contribution in [0.5, 0.6) is 5.75 Å². The standard InChI is InChI=1S/C23H22N2O2S/c1-16-11-21(27-14-22-13-24-15-28-22)12-23(26)25(16)17(2)20-9-7-19(8-10-20)6-5-18-3-4-18/h7-13,15,17-18H,3-4,14H2,1-2H3/t17-/m1/s1. The van der Waals surface area contributed by atoms with E-state index in [0.29, 0.717) is 18.3 Å². The van der Waals surface area contributed by atoms with Crippen molar-refractivity contribution in [3.63, 3.8) is 0 Å². The van der Waals surface area contributed by atoms with Gasteiger partial charge in [0.2, 0.25) is 0 Å². The molecule has 1 atom stereocenters. The predicted octanol–water partition coefficient (Wildman–Crippen LogP) is 4.56. The molecule has 0 amide bonds. The van der Waals surface area contributed by atoms with Gasteiger partial charge in [0, 0.05) is 29.4 Å². The van der Waals surface area contributed by atoms with E-state index in [1.54, 1.807) is 22.3 Å². The van der Waals surface area contributed by atoms with Crippen molar-refractivity contribution >= 4 is 11.3 Å². The Morgan fingerprint density at radius 1 is 1.29 bits per heavy atom. The fourth-order valence-corrected chi connectivity index (χ4v) is 3.64. The Hall–Kier alpha value is -2.84. The summed E-state index contributed by atoms with van der Waals surface area (Å²) in [5.74, 6) is 7.69. The summed E-state index contributed by atoms with van der Waals surface area (Å²) in [7, 11) is 0. The van der Waals surface area contributed by atoms with E-state index in [9.17, 15) is 4.79 Å². The normalized spacial score (nSPS) is 14.2. The number of rotatable bonds is 5. The Labute approximate surface area is 168 Å². The van der Waals surface area contributed by atoms with E-state index >= 15 is 0 Å². The van der Waals surface area contributed by atoms with Gasteiger partial charge >= 0.3 is 0 Å². The second-order valence-electron chi connectivity index (χ2n) is 7.14. The summed E-state index contributed by atoms with van der Waals surface area (Å²) >= 11 is 1.54. The van der Waals surface area contributed by atoms with Crippen LogP contribution in [0.3, 0.4) is 0 Å². The van der Waals surface area contributed by atoms with Crippen molar-refractivity contribution in [1.82, 2.24) is 9.55 Å². The maximum atomic E-state index is 12.7. The van der Waals surface area contributed by atoms with Crippen molar-refractivity contribution in [3.8, 4) is 17.6 Å². The van der Waals surface area contributed by atoms with Gasteiger partial charge in [0.1, 0.15) is 12.4 Å². The molecule has 0 unspecified atom stereocenters. The number of ether oxygens (including phenoxy) is 1. The minimum absolute atomic E-state index is 0.0616. The van der Waals surface area contributed by atoms with E-state index in [1.165, 1.54) is 24.2 Å². The number of hydrogen-bond donors (Lipinski definition) is 0. The topological polar surface area (TPSA) is 44.1 Å². The summed E-state index contributed by atoms with van der Waals surface area (Å²) in [6.45, 7) is 4.40. The van der Waals surface area contributed by atoms with E-state index in [1.807, 2.05) is 32.0 Å². The SMILES string of the molecule is Cc1cc(OCc2cncs2)cc(=O)n1[C@H](C)c1ccc(C#CC2CC2)cc1. The van der Waals surface area contributed by atoms with E-state index in [-0.39, 0.29) is 11.6 Å². The molecule has 2 heterocycles. The highest BCUT2D eigenvalue weighted by Crippen LogP contribution is 2.27. The van der Waals surface area contributed by atoms with E-state index in [2.05, 4.69) is 29.0 Å². The molecule has 4 nitrogen and oxygen atoms in total. The molecule has 142 valence electrons. The summed E-state index contributed by atoms with van der Waals surface area (Å²) in [6.07, 6.45) is 4.24. The van der Waals surface area contributed by atoms with Gasteiger partial charge in [0.25, 0.3) is 5.56 Å². The lowest BCUT2D eigenvalue weighted by molar-refractivity contribution is 0.307. The molecule has 1 fully saturated rings. The molecular formula is C23H22N2O2S. The van der Waals surface area contributed by atoms with E-state index in [4.69, 9.17) is 4.74 Å². The highest BCUT2D eigenvalue weighted by atomic mass is 32.1. The monoisotopic (exact) mass is 390 g/mol. The predicted molar refractivity (Wildman–Crippen MR) is 112 cm³/mol. The maximum Gasteiger partial charge on any atom is 0.254 e. The van der Waals surface area contributed by atoms with Gasteiger partial charge in [-0.2, -0.15) is 0 Å². The number of pyridine rings is 1. The van der Waals surface area contributed by atoms with Crippen LogP contribution in [-0.2, 0) is 6.61 Å². The molecule has 0 aliphatic heterocycles. The molecule has 0 spiro atoms. The maximum absolute atomic E-state index is 12.7. The van der Waals surface area contributed by atoms with Gasteiger partial charge in [-0.3, -0.25) is 9.78 Å². The van der Waals surface area contributed by atoms with Crippen LogP contribution >= 0.6 is 11.3 Å². The van der Waals surface area contributed by atoms with E-state index < -0.39 is 0 Å². The molecule has 5 heteroatoms. The van der Waals surface area contributed by atoms with Crippen LogP contribution in [0.25, 0.3) is 0 Å². The summed E-state index contributed by atoms with van der Waals surface area (Å²) in [5, 5.41) is 0. The van der Waals surface area contributed by atoms with Crippen LogP contribution in [0.2, 0.25) is 0 Å². The first kappa shape index (κ1) is 18.5. The molecule has 4 rings (SSSR count). The van der Waals surface area contributed by atoms with Crippen molar-refractivity contribution in [3.05, 3.63) is 80.2 Å². The van der Waals surface area contributed by atoms with Crippen LogP contribution in [0, 0.1) is 24.7 Å². The van der Waals surface area contributed by atoms with Gasteiger partial charge in [-0.1, -0.05) is 24.0 Å². The zero-order chi connectivity index (χ0) is 19.5. The van der Waals surface area contributed by atoms with Crippen molar-refractivity contribution in [2.24, 2.45) is 5.92 Å². The Balaban J connectivity index is 1.51. The molecule has 1 aliphatic carbocycles. The first-order valence-corrected chi connectivity index (χ1v) is 10.3. The number of aryl methyl sites for hydroxylation is 1. The summed E-state index contributed by atoms with van der Waals surface area (Å²) in [6, 6.07) is 11.6. The third-order valence-corrected chi connectivity index (χ3v) is 5.63. The largest absolute Gasteiger partial charge is 0.488 e. The molecule has 0 saturated heterocycles. The first-order chi connectivity index (χ1) is 13.6. The number of aromatic nitrogens is 2. The molecular weight excluding hydrogens is 368 g/mol. The minimum atomic E-state index is -0.0654. The quantitative estimate of drug-likeness (QED) is 0.600. The van der Waals surface area contributed by atoms with Crippen LogP contribution in [0.1, 0.15) is 47.5 Å². The second-order valence-corrected chi connectivity index (χ2v) is 8.11. The fraction of sp³-hybridized carbons (Fsp3) is 0.304. The Morgan fingerprint density at radius 2 is 2.07 bits per heavy atom. The summed E-state index contributed by atoms with van der Waals surface area (Å²) in [5.41, 5.74) is 4.69. The highest BCUT2D eigenvalue weighted by Gasteiger charge is 2.18. The average molecular weight is 391 g/mol. The summed E-state index contributed by atoms with van der Waals surface area (Å²) in [4.78, 5) is 17.8. The molecule has 1 saturated carbocycles. The zero-order valence-corrected chi connectivity index (χ0v) is 16.8. The second kappa shape index (κ2) is 8.04. The lowest BCUT2D eigenvalue weighted by atomic mass is 10.1. The van der Waals surface area contributed by atoms with E-state index in [0.717, 1.165) is 21.7 Å².